The van der Waals surface area contributed by atoms with Gasteiger partial charge in [0.15, 0.2) is 5.78 Å². The van der Waals surface area contributed by atoms with Crippen LogP contribution in [0.15, 0.2) is 12.2 Å². The zero-order chi connectivity index (χ0) is 10.5. The number of allylic oxidation sites excluding steroid dienone is 1. The Labute approximate surface area is 81.0 Å². The summed E-state index contributed by atoms with van der Waals surface area (Å²) in [6.45, 7) is 11.8. The SMILES string of the molecule is C=C(CC)CC(=O)COC(C)(C)C. The van der Waals surface area contributed by atoms with Crippen molar-refractivity contribution >= 4 is 5.78 Å². The van der Waals surface area contributed by atoms with Crippen molar-refractivity contribution in [3.8, 4) is 0 Å². The molecule has 0 unspecified atom stereocenters. The molecule has 0 aliphatic heterocycles. The van der Waals surface area contributed by atoms with Crippen LogP contribution in [0.1, 0.15) is 40.5 Å². The molecule has 0 radical (unpaired) electrons. The fourth-order valence-corrected chi connectivity index (χ4v) is 0.752. The van der Waals surface area contributed by atoms with Gasteiger partial charge in [0.2, 0.25) is 0 Å². The van der Waals surface area contributed by atoms with Crippen molar-refractivity contribution in [1.29, 1.82) is 0 Å². The molecule has 0 aliphatic carbocycles. The maximum absolute atomic E-state index is 11.3. The highest BCUT2D eigenvalue weighted by Crippen LogP contribution is 2.09. The Morgan fingerprint density at radius 3 is 2.31 bits per heavy atom. The van der Waals surface area contributed by atoms with Gasteiger partial charge in [0.25, 0.3) is 0 Å². The van der Waals surface area contributed by atoms with E-state index >= 15 is 0 Å². The van der Waals surface area contributed by atoms with Gasteiger partial charge < -0.3 is 4.74 Å². The Bertz CT molecular complexity index is 187. The van der Waals surface area contributed by atoms with Crippen LogP contribution in [-0.2, 0) is 9.53 Å². The van der Waals surface area contributed by atoms with Crippen molar-refractivity contribution in [1.82, 2.24) is 0 Å². The largest absolute Gasteiger partial charge is 0.368 e. The predicted octanol–water partition coefficient (Wildman–Crippen LogP) is 2.73. The van der Waals surface area contributed by atoms with Gasteiger partial charge in [-0.3, -0.25) is 4.79 Å². The van der Waals surface area contributed by atoms with Crippen molar-refractivity contribution in [3.63, 3.8) is 0 Å². The highest BCUT2D eigenvalue weighted by Gasteiger charge is 2.12. The second-order valence-corrected chi connectivity index (χ2v) is 4.22. The van der Waals surface area contributed by atoms with E-state index in [0.29, 0.717) is 6.42 Å². The molecule has 0 rings (SSSR count). The minimum Gasteiger partial charge on any atom is -0.368 e. The number of carbonyl (C=O) groups is 1. The monoisotopic (exact) mass is 184 g/mol. The summed E-state index contributed by atoms with van der Waals surface area (Å²) in [6.07, 6.45) is 1.31. The Morgan fingerprint density at radius 2 is 1.92 bits per heavy atom. The molecule has 0 aromatic rings. The normalized spacial score (nSPS) is 11.4. The van der Waals surface area contributed by atoms with Crippen molar-refractivity contribution in [2.24, 2.45) is 0 Å². The number of hydrogen-bond donors (Lipinski definition) is 0. The highest BCUT2D eigenvalue weighted by atomic mass is 16.5. The first-order valence-corrected chi connectivity index (χ1v) is 4.67. The van der Waals surface area contributed by atoms with Gasteiger partial charge in [0, 0.05) is 6.42 Å². The smallest absolute Gasteiger partial charge is 0.162 e. The van der Waals surface area contributed by atoms with Gasteiger partial charge >= 0.3 is 0 Å². The molecule has 0 heterocycles. The van der Waals surface area contributed by atoms with Crippen LogP contribution >= 0.6 is 0 Å². The summed E-state index contributed by atoms with van der Waals surface area (Å²) >= 11 is 0. The lowest BCUT2D eigenvalue weighted by molar-refractivity contribution is -0.127. The van der Waals surface area contributed by atoms with Crippen LogP contribution in [-0.4, -0.2) is 18.0 Å². The van der Waals surface area contributed by atoms with Gasteiger partial charge in [0.05, 0.1) is 5.60 Å². The van der Waals surface area contributed by atoms with Crippen LogP contribution in [0.4, 0.5) is 0 Å². The molecule has 0 N–H and O–H groups in total. The first kappa shape index (κ1) is 12.4. The van der Waals surface area contributed by atoms with Crippen LogP contribution in [0, 0.1) is 0 Å². The van der Waals surface area contributed by atoms with Crippen molar-refractivity contribution in [2.45, 2.75) is 46.1 Å². The van der Waals surface area contributed by atoms with E-state index < -0.39 is 0 Å². The van der Waals surface area contributed by atoms with Gasteiger partial charge in [-0.15, -0.1) is 0 Å². The first-order chi connectivity index (χ1) is 5.85. The van der Waals surface area contributed by atoms with Crippen LogP contribution < -0.4 is 0 Å². The van der Waals surface area contributed by atoms with Gasteiger partial charge in [-0.05, 0) is 27.2 Å². The van der Waals surface area contributed by atoms with Crippen molar-refractivity contribution < 1.29 is 9.53 Å². The molecular weight excluding hydrogens is 164 g/mol. The fraction of sp³-hybridized carbons (Fsp3) is 0.727. The van der Waals surface area contributed by atoms with Gasteiger partial charge in [0.1, 0.15) is 6.61 Å². The number of ether oxygens (including phenoxy) is 1. The number of ketones is 1. The standard InChI is InChI=1S/C11H20O2/c1-6-9(2)7-10(12)8-13-11(3,4)5/h2,6-8H2,1,3-5H3. The van der Waals surface area contributed by atoms with Crippen molar-refractivity contribution in [2.75, 3.05) is 6.61 Å². The predicted molar refractivity (Wildman–Crippen MR) is 54.8 cm³/mol. The minimum atomic E-state index is -0.233. The molecule has 13 heavy (non-hydrogen) atoms. The first-order valence-electron chi connectivity index (χ1n) is 4.67. The maximum atomic E-state index is 11.3. The third kappa shape index (κ3) is 7.72. The molecule has 2 nitrogen and oxygen atoms in total. The van der Waals surface area contributed by atoms with E-state index in [0.717, 1.165) is 12.0 Å². The molecule has 0 bridgehead atoms. The second kappa shape index (κ2) is 5.18. The molecule has 76 valence electrons. The third-order valence-electron chi connectivity index (χ3n) is 1.61. The summed E-state index contributed by atoms with van der Waals surface area (Å²) in [5.41, 5.74) is 0.742. The summed E-state index contributed by atoms with van der Waals surface area (Å²) in [5, 5.41) is 0. The quantitative estimate of drug-likeness (QED) is 0.614. The van der Waals surface area contributed by atoms with Gasteiger partial charge in [-0.2, -0.15) is 0 Å². The molecule has 0 aromatic heterocycles. The Morgan fingerprint density at radius 1 is 1.38 bits per heavy atom. The highest BCUT2D eigenvalue weighted by molar-refractivity contribution is 5.81. The summed E-state index contributed by atoms with van der Waals surface area (Å²) in [7, 11) is 0. The molecule has 0 saturated carbocycles. The average molecular weight is 184 g/mol. The lowest BCUT2D eigenvalue weighted by Gasteiger charge is -2.18. The van der Waals surface area contributed by atoms with Gasteiger partial charge in [-0.1, -0.05) is 19.1 Å². The lowest BCUT2D eigenvalue weighted by atomic mass is 10.1. The lowest BCUT2D eigenvalue weighted by Crippen LogP contribution is -2.23. The van der Waals surface area contributed by atoms with E-state index in [-0.39, 0.29) is 18.0 Å². The maximum Gasteiger partial charge on any atom is 0.162 e. The number of rotatable bonds is 5. The molecule has 0 spiro atoms. The molecule has 0 atom stereocenters. The Balaban J connectivity index is 3.70. The van der Waals surface area contributed by atoms with Crippen LogP contribution in [0.2, 0.25) is 0 Å². The van der Waals surface area contributed by atoms with Crippen LogP contribution in [0.5, 0.6) is 0 Å². The fourth-order valence-electron chi connectivity index (χ4n) is 0.752. The number of carbonyl (C=O) groups excluding carboxylic acids is 1. The van der Waals surface area contributed by atoms with E-state index in [2.05, 4.69) is 6.58 Å². The van der Waals surface area contributed by atoms with E-state index in [1.165, 1.54) is 0 Å². The summed E-state index contributed by atoms with van der Waals surface area (Å²) in [4.78, 5) is 11.3. The van der Waals surface area contributed by atoms with E-state index in [9.17, 15) is 4.79 Å². The van der Waals surface area contributed by atoms with Crippen molar-refractivity contribution in [3.05, 3.63) is 12.2 Å². The molecule has 2 heteroatoms. The number of Topliss-reactive ketones (excluding diaryl/α,β-unsaturated/α-hetero) is 1. The molecule has 0 saturated heterocycles. The zero-order valence-electron chi connectivity index (χ0n) is 9.14. The Hall–Kier alpha value is -0.630. The Kier molecular flexibility index (Phi) is 4.92. The van der Waals surface area contributed by atoms with E-state index in [1.54, 1.807) is 0 Å². The van der Waals surface area contributed by atoms with E-state index in [4.69, 9.17) is 4.74 Å². The topological polar surface area (TPSA) is 26.3 Å². The summed E-state index contributed by atoms with van der Waals surface area (Å²) < 4.78 is 5.35. The van der Waals surface area contributed by atoms with E-state index in [1.807, 2.05) is 27.7 Å². The summed E-state index contributed by atoms with van der Waals surface area (Å²) in [6, 6.07) is 0. The summed E-state index contributed by atoms with van der Waals surface area (Å²) in [5.74, 6) is 0.113. The minimum absolute atomic E-state index is 0.113. The second-order valence-electron chi connectivity index (χ2n) is 4.22. The number of hydrogen-bond acceptors (Lipinski definition) is 2. The average Bonchev–Trinajstić information content (AvgIpc) is 1.99. The molecule has 0 aliphatic rings. The zero-order valence-corrected chi connectivity index (χ0v) is 9.14. The van der Waals surface area contributed by atoms with Gasteiger partial charge in [-0.25, -0.2) is 0 Å². The molecule has 0 aromatic carbocycles. The molecular formula is C11H20O2. The van der Waals surface area contributed by atoms with Crippen LogP contribution in [0.25, 0.3) is 0 Å². The van der Waals surface area contributed by atoms with Crippen LogP contribution in [0.3, 0.4) is 0 Å². The third-order valence-corrected chi connectivity index (χ3v) is 1.61. The molecule has 0 fully saturated rings. The molecule has 0 amide bonds.